The molecule has 1 heterocycles. The van der Waals surface area contributed by atoms with Gasteiger partial charge >= 0.3 is 5.97 Å². The molecule has 0 saturated carbocycles. The van der Waals surface area contributed by atoms with Gasteiger partial charge in [0.1, 0.15) is 0 Å². The van der Waals surface area contributed by atoms with E-state index in [1.165, 1.54) is 0 Å². The van der Waals surface area contributed by atoms with Gasteiger partial charge in [0.05, 0.1) is 40.8 Å². The molecule has 0 bridgehead atoms. The van der Waals surface area contributed by atoms with Gasteiger partial charge in [-0.3, -0.25) is 0 Å². The number of hydrogen-bond donors (Lipinski definition) is 2. The summed E-state index contributed by atoms with van der Waals surface area (Å²) in [5.41, 5.74) is 8.45. The van der Waals surface area contributed by atoms with E-state index in [1.807, 2.05) is 18.4 Å². The number of benzene rings is 1. The van der Waals surface area contributed by atoms with Crippen LogP contribution >= 0.6 is 11.3 Å². The molecule has 20 heavy (non-hydrogen) atoms. The largest absolute Gasteiger partial charge is 0.462 e. The van der Waals surface area contributed by atoms with E-state index in [9.17, 15) is 4.79 Å². The monoisotopic (exact) mass is 291 g/mol. The van der Waals surface area contributed by atoms with Crippen LogP contribution in [0.2, 0.25) is 0 Å². The molecule has 0 radical (unpaired) electrons. The summed E-state index contributed by atoms with van der Waals surface area (Å²) in [4.78, 5) is 16.1. The average molecular weight is 291 g/mol. The number of nitrogens with one attached hydrogen (secondary N) is 1. The number of nitrogen functional groups attached to an aromatic ring is 1. The van der Waals surface area contributed by atoms with Crippen LogP contribution in [0.15, 0.2) is 23.6 Å². The van der Waals surface area contributed by atoms with Crippen molar-refractivity contribution in [1.82, 2.24) is 4.98 Å². The van der Waals surface area contributed by atoms with Gasteiger partial charge in [0, 0.05) is 5.38 Å². The number of nitrogens with zero attached hydrogens (tertiary/aromatic N) is 1. The molecule has 0 aliphatic rings. The van der Waals surface area contributed by atoms with Gasteiger partial charge in [-0.05, 0) is 26.0 Å². The van der Waals surface area contributed by atoms with Gasteiger partial charge in [0.15, 0.2) is 0 Å². The van der Waals surface area contributed by atoms with Crippen LogP contribution in [0.3, 0.4) is 0 Å². The third-order valence-electron chi connectivity index (χ3n) is 2.73. The first-order valence-electron chi connectivity index (χ1n) is 6.32. The number of carbonyl (C=O) groups is 1. The van der Waals surface area contributed by atoms with Crippen molar-refractivity contribution >= 4 is 28.7 Å². The molecule has 0 atom stereocenters. The van der Waals surface area contributed by atoms with Crippen LogP contribution in [0, 0.1) is 6.92 Å². The Morgan fingerprint density at radius 2 is 2.30 bits per heavy atom. The number of rotatable bonds is 5. The van der Waals surface area contributed by atoms with E-state index in [-0.39, 0.29) is 0 Å². The zero-order chi connectivity index (χ0) is 14.5. The molecule has 0 unspecified atom stereocenters. The standard InChI is InChI=1S/C14H17N3O2S/c1-3-19-14(18)11-5-4-6-12(13(11)15)16-7-10-8-20-9(2)17-10/h4-6,8,16H,3,7,15H2,1-2H3. The second-order valence-corrected chi connectivity index (χ2v) is 5.26. The summed E-state index contributed by atoms with van der Waals surface area (Å²) in [5, 5.41) is 6.21. The highest BCUT2D eigenvalue weighted by Crippen LogP contribution is 2.24. The number of carbonyl (C=O) groups excluding carboxylic acids is 1. The van der Waals surface area contributed by atoms with Gasteiger partial charge in [-0.1, -0.05) is 6.07 Å². The molecule has 3 N–H and O–H groups in total. The van der Waals surface area contributed by atoms with E-state index in [4.69, 9.17) is 10.5 Å². The number of aryl methyl sites for hydroxylation is 1. The molecule has 0 amide bonds. The van der Waals surface area contributed by atoms with E-state index in [1.54, 1.807) is 30.4 Å². The fourth-order valence-electron chi connectivity index (χ4n) is 1.78. The van der Waals surface area contributed by atoms with Crippen LogP contribution < -0.4 is 11.1 Å². The number of hydrogen-bond acceptors (Lipinski definition) is 6. The van der Waals surface area contributed by atoms with Gasteiger partial charge < -0.3 is 15.8 Å². The van der Waals surface area contributed by atoms with Crippen molar-refractivity contribution in [2.75, 3.05) is 17.7 Å². The van der Waals surface area contributed by atoms with E-state index in [2.05, 4.69) is 10.3 Å². The minimum atomic E-state index is -0.404. The third kappa shape index (κ3) is 3.27. The third-order valence-corrected chi connectivity index (χ3v) is 3.55. The SMILES string of the molecule is CCOC(=O)c1cccc(NCc2csc(C)n2)c1N. The molecule has 2 rings (SSSR count). The Bertz CT molecular complexity index is 610. The van der Waals surface area contributed by atoms with Crippen molar-refractivity contribution in [2.45, 2.75) is 20.4 Å². The molecule has 1 aromatic heterocycles. The average Bonchev–Trinajstić information content (AvgIpc) is 2.83. The number of aromatic nitrogens is 1. The zero-order valence-corrected chi connectivity index (χ0v) is 12.3. The van der Waals surface area contributed by atoms with Crippen molar-refractivity contribution in [3.63, 3.8) is 0 Å². The number of thiazole rings is 1. The topological polar surface area (TPSA) is 77.2 Å². The first-order valence-corrected chi connectivity index (χ1v) is 7.20. The first-order chi connectivity index (χ1) is 9.61. The summed E-state index contributed by atoms with van der Waals surface area (Å²) in [6.45, 7) is 4.62. The highest BCUT2D eigenvalue weighted by Gasteiger charge is 2.13. The molecular weight excluding hydrogens is 274 g/mol. The summed E-state index contributed by atoms with van der Waals surface area (Å²) in [6.07, 6.45) is 0. The van der Waals surface area contributed by atoms with Gasteiger partial charge in [0.25, 0.3) is 0 Å². The smallest absolute Gasteiger partial charge is 0.340 e. The normalized spacial score (nSPS) is 10.3. The first kappa shape index (κ1) is 14.3. The van der Waals surface area contributed by atoms with Gasteiger partial charge in [0.2, 0.25) is 0 Å². The molecule has 106 valence electrons. The summed E-state index contributed by atoms with van der Waals surface area (Å²) < 4.78 is 4.97. The number of nitrogens with two attached hydrogens (primary N) is 1. The maximum absolute atomic E-state index is 11.8. The summed E-state index contributed by atoms with van der Waals surface area (Å²) in [6, 6.07) is 5.26. The van der Waals surface area contributed by atoms with Gasteiger partial charge in [-0.25, -0.2) is 9.78 Å². The van der Waals surface area contributed by atoms with Crippen molar-refractivity contribution in [3.8, 4) is 0 Å². The highest BCUT2D eigenvalue weighted by molar-refractivity contribution is 7.09. The molecule has 0 fully saturated rings. The van der Waals surface area contributed by atoms with E-state index < -0.39 is 5.97 Å². The molecule has 0 aliphatic heterocycles. The molecule has 2 aromatic rings. The van der Waals surface area contributed by atoms with Crippen molar-refractivity contribution in [3.05, 3.63) is 39.8 Å². The highest BCUT2D eigenvalue weighted by atomic mass is 32.1. The number of anilines is 2. The summed E-state index contributed by atoms with van der Waals surface area (Å²) >= 11 is 1.60. The molecule has 1 aromatic carbocycles. The maximum Gasteiger partial charge on any atom is 0.340 e. The zero-order valence-electron chi connectivity index (χ0n) is 11.5. The van der Waals surface area contributed by atoms with Crippen LogP contribution in [0.5, 0.6) is 0 Å². The Morgan fingerprint density at radius 1 is 1.50 bits per heavy atom. The summed E-state index contributed by atoms with van der Waals surface area (Å²) in [5.74, 6) is -0.404. The molecule has 0 saturated heterocycles. The predicted octanol–water partition coefficient (Wildman–Crippen LogP) is 2.82. The van der Waals surface area contributed by atoms with Crippen LogP contribution in [-0.4, -0.2) is 17.6 Å². The second kappa shape index (κ2) is 6.38. The molecule has 5 nitrogen and oxygen atoms in total. The lowest BCUT2D eigenvalue weighted by atomic mass is 10.1. The second-order valence-electron chi connectivity index (χ2n) is 4.20. The maximum atomic E-state index is 11.8. The lowest BCUT2D eigenvalue weighted by molar-refractivity contribution is 0.0527. The summed E-state index contributed by atoms with van der Waals surface area (Å²) in [7, 11) is 0. The fourth-order valence-corrected chi connectivity index (χ4v) is 2.39. The van der Waals surface area contributed by atoms with E-state index >= 15 is 0 Å². The van der Waals surface area contributed by atoms with Crippen LogP contribution in [-0.2, 0) is 11.3 Å². The fraction of sp³-hybridized carbons (Fsp3) is 0.286. The number of esters is 1. The van der Waals surface area contributed by atoms with Crippen LogP contribution in [0.1, 0.15) is 28.0 Å². The molecule has 0 spiro atoms. The van der Waals surface area contributed by atoms with Crippen LogP contribution in [0.4, 0.5) is 11.4 Å². The van der Waals surface area contributed by atoms with Crippen molar-refractivity contribution < 1.29 is 9.53 Å². The molecule has 6 heteroatoms. The molecule has 0 aliphatic carbocycles. The van der Waals surface area contributed by atoms with Crippen LogP contribution in [0.25, 0.3) is 0 Å². The van der Waals surface area contributed by atoms with E-state index in [0.29, 0.717) is 30.1 Å². The predicted molar refractivity (Wildman–Crippen MR) is 81.0 cm³/mol. The Balaban J connectivity index is 2.12. The number of ether oxygens (including phenoxy) is 1. The van der Waals surface area contributed by atoms with Crippen molar-refractivity contribution in [2.24, 2.45) is 0 Å². The molecular formula is C14H17N3O2S. The van der Waals surface area contributed by atoms with Gasteiger partial charge in [-0.15, -0.1) is 11.3 Å². The Labute approximate surface area is 121 Å². The van der Waals surface area contributed by atoms with E-state index in [0.717, 1.165) is 10.7 Å². The number of para-hydroxylation sites is 1. The Kier molecular flexibility index (Phi) is 4.57. The Morgan fingerprint density at radius 3 is 2.95 bits per heavy atom. The minimum absolute atomic E-state index is 0.327. The lowest BCUT2D eigenvalue weighted by Crippen LogP contribution is -2.10. The minimum Gasteiger partial charge on any atom is -0.462 e. The quantitative estimate of drug-likeness (QED) is 0.654. The van der Waals surface area contributed by atoms with Crippen molar-refractivity contribution in [1.29, 1.82) is 0 Å². The van der Waals surface area contributed by atoms with Gasteiger partial charge in [-0.2, -0.15) is 0 Å². The Hall–Kier alpha value is -2.08. The lowest BCUT2D eigenvalue weighted by Gasteiger charge is -2.11.